The lowest BCUT2D eigenvalue weighted by atomic mass is 10.1. The third kappa shape index (κ3) is 4.12. The summed E-state index contributed by atoms with van der Waals surface area (Å²) in [5, 5.41) is 13.3. The zero-order valence-corrected chi connectivity index (χ0v) is 11.3. The van der Waals surface area contributed by atoms with Crippen LogP contribution in [-0.2, 0) is 17.8 Å². The number of nitrogens with two attached hydrogens (primary N) is 1. The van der Waals surface area contributed by atoms with E-state index in [9.17, 15) is 14.9 Å². The first-order valence-electron chi connectivity index (χ1n) is 6.40. The standard InChI is InChI=1S/C15H15N3O3/c16-10-12-2-1-3-13(8-12)17-15(19)9-11-4-6-14(7-5-11)18(20)21/h1-8H,9-10,16H2,(H,17,19). The SMILES string of the molecule is NCc1cccc(NC(=O)Cc2ccc([N+](=O)[O-])cc2)c1. The molecule has 0 bridgehead atoms. The highest BCUT2D eigenvalue weighted by Crippen LogP contribution is 2.14. The van der Waals surface area contributed by atoms with Crippen molar-refractivity contribution in [1.29, 1.82) is 0 Å². The van der Waals surface area contributed by atoms with Gasteiger partial charge in [-0.05, 0) is 23.3 Å². The fourth-order valence-electron chi connectivity index (χ4n) is 1.90. The quantitative estimate of drug-likeness (QED) is 0.650. The zero-order valence-electron chi connectivity index (χ0n) is 11.3. The van der Waals surface area contributed by atoms with E-state index in [0.29, 0.717) is 17.8 Å². The molecule has 0 aliphatic carbocycles. The summed E-state index contributed by atoms with van der Waals surface area (Å²) in [6.07, 6.45) is 0.158. The van der Waals surface area contributed by atoms with Crippen molar-refractivity contribution in [3.8, 4) is 0 Å². The Hall–Kier alpha value is -2.73. The highest BCUT2D eigenvalue weighted by Gasteiger charge is 2.07. The Labute approximate surface area is 121 Å². The van der Waals surface area contributed by atoms with Crippen molar-refractivity contribution in [3.63, 3.8) is 0 Å². The number of rotatable bonds is 5. The lowest BCUT2D eigenvalue weighted by Crippen LogP contribution is -2.14. The number of hydrogen-bond donors (Lipinski definition) is 2. The second-order valence-corrected chi connectivity index (χ2v) is 4.55. The molecule has 0 saturated heterocycles. The van der Waals surface area contributed by atoms with Crippen molar-refractivity contribution in [2.75, 3.05) is 5.32 Å². The summed E-state index contributed by atoms with van der Waals surface area (Å²) >= 11 is 0. The molecule has 6 nitrogen and oxygen atoms in total. The van der Waals surface area contributed by atoms with Crippen LogP contribution in [0, 0.1) is 10.1 Å². The largest absolute Gasteiger partial charge is 0.326 e. The molecule has 0 aliphatic rings. The van der Waals surface area contributed by atoms with E-state index in [1.54, 1.807) is 18.2 Å². The van der Waals surface area contributed by atoms with Crippen LogP contribution in [0.2, 0.25) is 0 Å². The summed E-state index contributed by atoms with van der Waals surface area (Å²) in [5.41, 5.74) is 7.89. The van der Waals surface area contributed by atoms with Gasteiger partial charge in [-0.15, -0.1) is 0 Å². The molecule has 0 radical (unpaired) electrons. The van der Waals surface area contributed by atoms with Gasteiger partial charge in [0.1, 0.15) is 0 Å². The number of non-ortho nitro benzene ring substituents is 1. The number of amides is 1. The number of nitrogens with one attached hydrogen (secondary N) is 1. The van der Waals surface area contributed by atoms with Crippen LogP contribution < -0.4 is 11.1 Å². The maximum Gasteiger partial charge on any atom is 0.269 e. The van der Waals surface area contributed by atoms with E-state index in [1.807, 2.05) is 18.2 Å². The van der Waals surface area contributed by atoms with Gasteiger partial charge < -0.3 is 11.1 Å². The Morgan fingerprint density at radius 1 is 1.14 bits per heavy atom. The topological polar surface area (TPSA) is 98.3 Å². The first kappa shape index (κ1) is 14.7. The third-order valence-electron chi connectivity index (χ3n) is 2.96. The molecule has 0 aromatic heterocycles. The van der Waals surface area contributed by atoms with Gasteiger partial charge in [-0.3, -0.25) is 14.9 Å². The number of carbonyl (C=O) groups excluding carboxylic acids is 1. The van der Waals surface area contributed by atoms with E-state index in [4.69, 9.17) is 5.73 Å². The van der Waals surface area contributed by atoms with Crippen molar-refractivity contribution in [3.05, 3.63) is 69.8 Å². The van der Waals surface area contributed by atoms with E-state index in [1.165, 1.54) is 12.1 Å². The predicted molar refractivity (Wildman–Crippen MR) is 79.8 cm³/mol. The van der Waals surface area contributed by atoms with Gasteiger partial charge in [0.25, 0.3) is 5.69 Å². The smallest absolute Gasteiger partial charge is 0.269 e. The Balaban J connectivity index is 1.99. The van der Waals surface area contributed by atoms with Crippen LogP contribution in [0.15, 0.2) is 48.5 Å². The van der Waals surface area contributed by atoms with Crippen molar-refractivity contribution in [2.24, 2.45) is 5.73 Å². The molecule has 0 heterocycles. The first-order chi connectivity index (χ1) is 10.1. The molecule has 6 heteroatoms. The Morgan fingerprint density at radius 3 is 2.48 bits per heavy atom. The van der Waals surface area contributed by atoms with Crippen LogP contribution in [-0.4, -0.2) is 10.8 Å². The maximum atomic E-state index is 11.9. The van der Waals surface area contributed by atoms with Gasteiger partial charge in [-0.25, -0.2) is 0 Å². The van der Waals surface area contributed by atoms with Gasteiger partial charge in [-0.2, -0.15) is 0 Å². The van der Waals surface area contributed by atoms with Crippen LogP contribution in [0.4, 0.5) is 11.4 Å². The van der Waals surface area contributed by atoms with Crippen molar-refractivity contribution < 1.29 is 9.72 Å². The van der Waals surface area contributed by atoms with E-state index in [2.05, 4.69) is 5.32 Å². The van der Waals surface area contributed by atoms with Gasteiger partial charge in [0.2, 0.25) is 5.91 Å². The number of nitro benzene ring substituents is 1. The van der Waals surface area contributed by atoms with Crippen LogP contribution in [0.25, 0.3) is 0 Å². The van der Waals surface area contributed by atoms with Crippen molar-refractivity contribution >= 4 is 17.3 Å². The van der Waals surface area contributed by atoms with Gasteiger partial charge in [0, 0.05) is 24.4 Å². The minimum atomic E-state index is -0.470. The molecule has 0 saturated carbocycles. The molecule has 2 rings (SSSR count). The minimum Gasteiger partial charge on any atom is -0.326 e. The van der Waals surface area contributed by atoms with Gasteiger partial charge in [-0.1, -0.05) is 24.3 Å². The second kappa shape index (κ2) is 6.62. The van der Waals surface area contributed by atoms with Crippen LogP contribution in [0.3, 0.4) is 0 Å². The lowest BCUT2D eigenvalue weighted by Gasteiger charge is -2.06. The van der Waals surface area contributed by atoms with Gasteiger partial charge >= 0.3 is 0 Å². The number of carbonyl (C=O) groups is 1. The number of nitrogens with zero attached hydrogens (tertiary/aromatic N) is 1. The first-order valence-corrected chi connectivity index (χ1v) is 6.40. The van der Waals surface area contributed by atoms with Gasteiger partial charge in [0.05, 0.1) is 11.3 Å². The molecule has 0 fully saturated rings. The van der Waals surface area contributed by atoms with Crippen LogP contribution in [0.5, 0.6) is 0 Å². The molecule has 2 aromatic rings. The average molecular weight is 285 g/mol. The average Bonchev–Trinajstić information content (AvgIpc) is 2.47. The number of nitro groups is 1. The highest BCUT2D eigenvalue weighted by molar-refractivity contribution is 5.92. The molecule has 21 heavy (non-hydrogen) atoms. The summed E-state index contributed by atoms with van der Waals surface area (Å²) < 4.78 is 0. The Bertz CT molecular complexity index is 653. The zero-order chi connectivity index (χ0) is 15.2. The third-order valence-corrected chi connectivity index (χ3v) is 2.96. The normalized spacial score (nSPS) is 10.1. The molecule has 108 valence electrons. The fourth-order valence-corrected chi connectivity index (χ4v) is 1.90. The Morgan fingerprint density at radius 2 is 1.86 bits per heavy atom. The van der Waals surface area contributed by atoms with E-state index in [0.717, 1.165) is 5.56 Å². The summed E-state index contributed by atoms with van der Waals surface area (Å²) in [6, 6.07) is 13.2. The van der Waals surface area contributed by atoms with Crippen molar-refractivity contribution in [1.82, 2.24) is 0 Å². The van der Waals surface area contributed by atoms with Crippen LogP contribution in [0.1, 0.15) is 11.1 Å². The summed E-state index contributed by atoms with van der Waals surface area (Å²) in [6.45, 7) is 0.409. The number of benzene rings is 2. The molecule has 0 aliphatic heterocycles. The molecular formula is C15H15N3O3. The Kier molecular flexibility index (Phi) is 4.63. The molecule has 0 spiro atoms. The van der Waals surface area contributed by atoms with E-state index < -0.39 is 4.92 Å². The predicted octanol–water partition coefficient (Wildman–Crippen LogP) is 2.23. The number of anilines is 1. The van der Waals surface area contributed by atoms with Gasteiger partial charge in [0.15, 0.2) is 0 Å². The minimum absolute atomic E-state index is 0.00908. The highest BCUT2D eigenvalue weighted by atomic mass is 16.6. The molecule has 0 unspecified atom stereocenters. The summed E-state index contributed by atoms with van der Waals surface area (Å²) in [4.78, 5) is 22.0. The summed E-state index contributed by atoms with van der Waals surface area (Å²) in [5.74, 6) is -0.182. The number of hydrogen-bond acceptors (Lipinski definition) is 4. The van der Waals surface area contributed by atoms with Crippen molar-refractivity contribution in [2.45, 2.75) is 13.0 Å². The molecular weight excluding hydrogens is 270 g/mol. The summed E-state index contributed by atoms with van der Waals surface area (Å²) in [7, 11) is 0. The molecule has 1 amide bonds. The monoisotopic (exact) mass is 285 g/mol. The maximum absolute atomic E-state index is 11.9. The molecule has 3 N–H and O–H groups in total. The molecule has 0 atom stereocenters. The van der Waals surface area contributed by atoms with E-state index >= 15 is 0 Å². The molecule has 2 aromatic carbocycles. The fraction of sp³-hybridized carbons (Fsp3) is 0.133. The second-order valence-electron chi connectivity index (χ2n) is 4.55. The van der Waals surface area contributed by atoms with E-state index in [-0.39, 0.29) is 18.0 Å². The van der Waals surface area contributed by atoms with Crippen LogP contribution >= 0.6 is 0 Å². The lowest BCUT2D eigenvalue weighted by molar-refractivity contribution is -0.384.